The SMILES string of the molecule is Cc1nc(N2C(=O)C3=C(C(=O)C4CC(C)CCC4O3)C2c2ccc(OCC(N)=O)cc2)sc1C. The molecule has 5 rings (SSSR count). The maximum absolute atomic E-state index is 13.8. The fourth-order valence-electron chi connectivity index (χ4n) is 5.05. The van der Waals surface area contributed by atoms with E-state index in [1.165, 1.54) is 11.3 Å². The monoisotopic (exact) mass is 481 g/mol. The highest BCUT2D eigenvalue weighted by Gasteiger charge is 2.53. The van der Waals surface area contributed by atoms with Crippen LogP contribution in [0.1, 0.15) is 48.4 Å². The summed E-state index contributed by atoms with van der Waals surface area (Å²) in [4.78, 5) is 45.7. The van der Waals surface area contributed by atoms with Gasteiger partial charge in [-0.3, -0.25) is 19.3 Å². The second kappa shape index (κ2) is 8.54. The molecule has 0 spiro atoms. The number of nitrogens with two attached hydrogens (primary N) is 1. The Bertz CT molecular complexity index is 1180. The first-order valence-electron chi connectivity index (χ1n) is 11.5. The molecule has 1 saturated carbocycles. The molecule has 3 aliphatic rings. The van der Waals surface area contributed by atoms with Crippen molar-refractivity contribution < 1.29 is 23.9 Å². The highest BCUT2D eigenvalue weighted by Crippen LogP contribution is 2.49. The zero-order chi connectivity index (χ0) is 24.1. The maximum Gasteiger partial charge on any atom is 0.296 e. The van der Waals surface area contributed by atoms with E-state index in [2.05, 4.69) is 11.9 Å². The lowest BCUT2D eigenvalue weighted by molar-refractivity contribution is -0.132. The van der Waals surface area contributed by atoms with E-state index in [-0.39, 0.29) is 36.1 Å². The Labute approximate surface area is 201 Å². The number of carbonyl (C=O) groups is 3. The molecule has 4 unspecified atom stereocenters. The Kier molecular flexibility index (Phi) is 5.67. The van der Waals surface area contributed by atoms with E-state index in [1.54, 1.807) is 29.2 Å². The molecule has 2 N–H and O–H groups in total. The van der Waals surface area contributed by atoms with Gasteiger partial charge in [0.2, 0.25) is 0 Å². The molecule has 8 nitrogen and oxygen atoms in total. The van der Waals surface area contributed by atoms with E-state index < -0.39 is 11.9 Å². The van der Waals surface area contributed by atoms with Crippen LogP contribution in [0.2, 0.25) is 0 Å². The molecule has 0 bridgehead atoms. The molecule has 0 radical (unpaired) electrons. The zero-order valence-corrected chi connectivity index (χ0v) is 20.2. The third-order valence-corrected chi connectivity index (χ3v) is 7.98. The number of anilines is 1. The van der Waals surface area contributed by atoms with Crippen molar-refractivity contribution in [1.82, 2.24) is 4.98 Å². The number of rotatable bonds is 5. The quantitative estimate of drug-likeness (QED) is 0.701. The zero-order valence-electron chi connectivity index (χ0n) is 19.4. The summed E-state index contributed by atoms with van der Waals surface area (Å²) in [7, 11) is 0. The number of ketones is 1. The Morgan fingerprint density at radius 1 is 1.24 bits per heavy atom. The van der Waals surface area contributed by atoms with Gasteiger partial charge in [0.15, 0.2) is 23.3 Å². The summed E-state index contributed by atoms with van der Waals surface area (Å²) < 4.78 is 11.6. The Morgan fingerprint density at radius 2 is 1.97 bits per heavy atom. The van der Waals surface area contributed by atoms with Gasteiger partial charge in [-0.1, -0.05) is 19.1 Å². The first kappa shape index (κ1) is 22.6. The summed E-state index contributed by atoms with van der Waals surface area (Å²) in [6.07, 6.45) is 2.26. The van der Waals surface area contributed by atoms with Gasteiger partial charge in [0.1, 0.15) is 11.9 Å². The maximum atomic E-state index is 13.8. The van der Waals surface area contributed by atoms with Crippen LogP contribution < -0.4 is 15.4 Å². The summed E-state index contributed by atoms with van der Waals surface area (Å²) in [6, 6.07) is 6.37. The van der Waals surface area contributed by atoms with E-state index in [0.717, 1.165) is 35.4 Å². The van der Waals surface area contributed by atoms with E-state index >= 15 is 0 Å². The minimum Gasteiger partial charge on any atom is -0.484 e. The Morgan fingerprint density at radius 3 is 2.62 bits per heavy atom. The van der Waals surface area contributed by atoms with Crippen molar-refractivity contribution in [3.63, 3.8) is 0 Å². The van der Waals surface area contributed by atoms with Gasteiger partial charge in [-0.05, 0) is 56.7 Å². The molecule has 4 atom stereocenters. The molecule has 2 aliphatic heterocycles. The fraction of sp³-hybridized carbons (Fsp3) is 0.440. The van der Waals surface area contributed by atoms with Crippen molar-refractivity contribution in [3.05, 3.63) is 51.7 Å². The lowest BCUT2D eigenvalue weighted by Crippen LogP contribution is -2.41. The lowest BCUT2D eigenvalue weighted by Gasteiger charge is -2.37. The predicted molar refractivity (Wildman–Crippen MR) is 126 cm³/mol. The highest BCUT2D eigenvalue weighted by atomic mass is 32.1. The topological polar surface area (TPSA) is 112 Å². The Balaban J connectivity index is 1.57. The van der Waals surface area contributed by atoms with Crippen LogP contribution in [0.25, 0.3) is 0 Å². The second-order valence-electron chi connectivity index (χ2n) is 9.33. The predicted octanol–water partition coefficient (Wildman–Crippen LogP) is 3.37. The minimum absolute atomic E-state index is 0.00213. The summed E-state index contributed by atoms with van der Waals surface area (Å²) in [6.45, 7) is 5.79. The van der Waals surface area contributed by atoms with Gasteiger partial charge in [-0.2, -0.15) is 0 Å². The number of fused-ring (bicyclic) bond motifs is 1. The number of aromatic nitrogens is 1. The number of hydrogen-bond acceptors (Lipinski definition) is 7. The van der Waals surface area contributed by atoms with Crippen LogP contribution in [0, 0.1) is 25.7 Å². The van der Waals surface area contributed by atoms with Gasteiger partial charge in [0.05, 0.1) is 23.2 Å². The second-order valence-corrected chi connectivity index (χ2v) is 10.5. The van der Waals surface area contributed by atoms with Crippen molar-refractivity contribution in [2.24, 2.45) is 17.6 Å². The average molecular weight is 482 g/mol. The fourth-order valence-corrected chi connectivity index (χ4v) is 5.99. The highest BCUT2D eigenvalue weighted by molar-refractivity contribution is 7.15. The summed E-state index contributed by atoms with van der Waals surface area (Å²) in [5, 5.41) is 0.543. The summed E-state index contributed by atoms with van der Waals surface area (Å²) >= 11 is 1.43. The summed E-state index contributed by atoms with van der Waals surface area (Å²) in [5.74, 6) is -0.0661. The van der Waals surface area contributed by atoms with Crippen molar-refractivity contribution in [1.29, 1.82) is 0 Å². The molecular formula is C25H27N3O5S. The molecule has 0 saturated heterocycles. The van der Waals surface area contributed by atoms with Gasteiger partial charge in [0.25, 0.3) is 11.8 Å². The van der Waals surface area contributed by atoms with E-state index in [4.69, 9.17) is 15.2 Å². The number of hydrogen-bond donors (Lipinski definition) is 1. The average Bonchev–Trinajstić information content (AvgIpc) is 3.29. The molecule has 1 fully saturated rings. The van der Waals surface area contributed by atoms with Gasteiger partial charge < -0.3 is 15.2 Å². The number of Topliss-reactive ketones (excluding diaryl/α,β-unsaturated/α-hetero) is 1. The molecule has 9 heteroatoms. The molecule has 1 aromatic carbocycles. The van der Waals surface area contributed by atoms with Gasteiger partial charge in [-0.15, -0.1) is 11.3 Å². The van der Waals surface area contributed by atoms with Crippen LogP contribution in [0.3, 0.4) is 0 Å². The van der Waals surface area contributed by atoms with Crippen LogP contribution in [0.5, 0.6) is 5.75 Å². The van der Waals surface area contributed by atoms with Crippen LogP contribution in [-0.2, 0) is 19.1 Å². The normalized spacial score (nSPS) is 26.3. The number of benzene rings is 1. The first-order valence-corrected chi connectivity index (χ1v) is 12.3. The molecule has 1 aliphatic carbocycles. The summed E-state index contributed by atoms with van der Waals surface area (Å²) in [5.41, 5.74) is 7.17. The largest absolute Gasteiger partial charge is 0.484 e. The van der Waals surface area contributed by atoms with Crippen LogP contribution in [-0.4, -0.2) is 35.3 Å². The van der Waals surface area contributed by atoms with Crippen molar-refractivity contribution in [2.75, 3.05) is 11.5 Å². The van der Waals surface area contributed by atoms with E-state index in [0.29, 0.717) is 22.4 Å². The van der Waals surface area contributed by atoms with Crippen LogP contribution in [0.15, 0.2) is 35.6 Å². The number of aryl methyl sites for hydroxylation is 2. The lowest BCUT2D eigenvalue weighted by atomic mass is 9.74. The number of carbonyl (C=O) groups excluding carboxylic acids is 3. The number of thiazole rings is 1. The van der Waals surface area contributed by atoms with Crippen molar-refractivity contribution in [2.45, 2.75) is 52.2 Å². The smallest absolute Gasteiger partial charge is 0.296 e. The van der Waals surface area contributed by atoms with Gasteiger partial charge >= 0.3 is 0 Å². The number of nitrogens with zero attached hydrogens (tertiary/aromatic N) is 2. The molecule has 2 amide bonds. The van der Waals surface area contributed by atoms with Gasteiger partial charge in [-0.25, -0.2) is 4.98 Å². The van der Waals surface area contributed by atoms with Crippen molar-refractivity contribution in [3.8, 4) is 5.75 Å². The molecule has 178 valence electrons. The number of amides is 2. The van der Waals surface area contributed by atoms with Crippen LogP contribution in [0.4, 0.5) is 5.13 Å². The van der Waals surface area contributed by atoms with Gasteiger partial charge in [0, 0.05) is 4.88 Å². The molecule has 34 heavy (non-hydrogen) atoms. The molecule has 3 heterocycles. The number of ether oxygens (including phenoxy) is 2. The van der Waals surface area contributed by atoms with Crippen LogP contribution >= 0.6 is 11.3 Å². The molecule has 1 aromatic heterocycles. The molecule has 2 aromatic rings. The standard InChI is InChI=1S/C25H27N3O5S/c1-12-4-9-18-17(10-12)22(30)20-21(15-5-7-16(8-6-15)32-11-19(26)29)28(24(31)23(20)33-18)25-27-13(2)14(3)34-25/h5-8,12,17-18,21H,4,9-11H2,1-3H3,(H2,26,29). The van der Waals surface area contributed by atoms with Crippen molar-refractivity contribution >= 4 is 34.1 Å². The number of primary amides is 1. The minimum atomic E-state index is -0.636. The first-order chi connectivity index (χ1) is 16.2. The third-order valence-electron chi connectivity index (χ3n) is 6.91. The van der Waals surface area contributed by atoms with E-state index in [1.807, 2.05) is 13.8 Å². The Hall–Kier alpha value is -3.20. The third kappa shape index (κ3) is 3.77. The van der Waals surface area contributed by atoms with E-state index in [9.17, 15) is 14.4 Å². The molecular weight excluding hydrogens is 454 g/mol.